The SMILES string of the molecule is CCCOP(=O)(OCCC)C(Cl)C(=O)OC(C)C. The van der Waals surface area contributed by atoms with Gasteiger partial charge in [0, 0.05) is 0 Å². The van der Waals surface area contributed by atoms with E-state index in [1.165, 1.54) is 0 Å². The summed E-state index contributed by atoms with van der Waals surface area (Å²) in [5.74, 6) is -0.776. The third kappa shape index (κ3) is 6.19. The Morgan fingerprint density at radius 1 is 1.17 bits per heavy atom. The summed E-state index contributed by atoms with van der Waals surface area (Å²) in [6.45, 7) is 7.54. The Hall–Kier alpha value is -0.0900. The molecule has 1 atom stereocenters. The lowest BCUT2D eigenvalue weighted by atomic mass is 10.5. The van der Waals surface area contributed by atoms with Crippen molar-refractivity contribution in [1.29, 1.82) is 0 Å². The Labute approximate surface area is 114 Å². The number of esters is 1. The van der Waals surface area contributed by atoms with Gasteiger partial charge >= 0.3 is 13.6 Å². The van der Waals surface area contributed by atoms with Crippen LogP contribution >= 0.6 is 19.2 Å². The van der Waals surface area contributed by atoms with E-state index >= 15 is 0 Å². The van der Waals surface area contributed by atoms with Crippen LogP contribution in [0.5, 0.6) is 0 Å². The maximum Gasteiger partial charge on any atom is 0.359 e. The highest BCUT2D eigenvalue weighted by molar-refractivity contribution is 7.57. The second-order valence-corrected chi connectivity index (χ2v) is 6.88. The van der Waals surface area contributed by atoms with Gasteiger partial charge in [0.2, 0.25) is 5.12 Å². The van der Waals surface area contributed by atoms with Gasteiger partial charge in [-0.1, -0.05) is 25.4 Å². The van der Waals surface area contributed by atoms with Gasteiger partial charge in [0.05, 0.1) is 19.3 Å². The standard InChI is InChI=1S/C11H22ClO5P/c1-5-7-15-18(14,16-8-6-2)10(12)11(13)17-9(3)4/h9-10H,5-8H2,1-4H3. The summed E-state index contributed by atoms with van der Waals surface area (Å²) >= 11 is 5.87. The van der Waals surface area contributed by atoms with E-state index in [0.717, 1.165) is 0 Å². The van der Waals surface area contributed by atoms with Crippen LogP contribution in [-0.2, 0) is 23.1 Å². The zero-order valence-corrected chi connectivity index (χ0v) is 13.0. The zero-order chi connectivity index (χ0) is 14.2. The first-order chi connectivity index (χ1) is 8.37. The van der Waals surface area contributed by atoms with Gasteiger partial charge in [-0.2, -0.15) is 0 Å². The van der Waals surface area contributed by atoms with Crippen LogP contribution in [0.25, 0.3) is 0 Å². The average Bonchev–Trinajstić information content (AvgIpc) is 2.32. The average molecular weight is 301 g/mol. The van der Waals surface area contributed by atoms with Crippen molar-refractivity contribution in [2.45, 2.75) is 51.8 Å². The second kappa shape index (κ2) is 8.92. The first kappa shape index (κ1) is 17.9. The van der Waals surface area contributed by atoms with Crippen LogP contribution in [0, 0.1) is 0 Å². The number of ether oxygens (including phenoxy) is 1. The first-order valence-corrected chi connectivity index (χ1v) is 8.15. The maximum atomic E-state index is 12.4. The monoisotopic (exact) mass is 300 g/mol. The maximum absolute atomic E-state index is 12.4. The van der Waals surface area contributed by atoms with E-state index in [2.05, 4.69) is 0 Å². The van der Waals surface area contributed by atoms with Gasteiger partial charge in [0.25, 0.3) is 0 Å². The van der Waals surface area contributed by atoms with Crippen LogP contribution in [0.4, 0.5) is 0 Å². The summed E-state index contributed by atoms with van der Waals surface area (Å²) in [6.07, 6.45) is 0.981. The van der Waals surface area contributed by atoms with Crippen molar-refractivity contribution in [3.05, 3.63) is 0 Å². The largest absolute Gasteiger partial charge is 0.461 e. The van der Waals surface area contributed by atoms with Crippen molar-refractivity contribution < 1.29 is 23.1 Å². The summed E-state index contributed by atoms with van der Waals surface area (Å²) in [7, 11) is -3.66. The summed E-state index contributed by atoms with van der Waals surface area (Å²) < 4.78 is 27.6. The number of rotatable bonds is 9. The van der Waals surface area contributed by atoms with Crippen molar-refractivity contribution >= 4 is 25.2 Å². The van der Waals surface area contributed by atoms with Gasteiger partial charge in [-0.25, -0.2) is 4.79 Å². The topological polar surface area (TPSA) is 61.8 Å². The number of hydrogen-bond donors (Lipinski definition) is 0. The van der Waals surface area contributed by atoms with Crippen LogP contribution in [0.3, 0.4) is 0 Å². The van der Waals surface area contributed by atoms with Crippen LogP contribution in [-0.4, -0.2) is 30.4 Å². The quantitative estimate of drug-likeness (QED) is 0.370. The second-order valence-electron chi connectivity index (χ2n) is 4.03. The van der Waals surface area contributed by atoms with Crippen LogP contribution in [0.15, 0.2) is 0 Å². The Kier molecular flexibility index (Phi) is 8.87. The van der Waals surface area contributed by atoms with E-state index in [0.29, 0.717) is 12.8 Å². The molecule has 0 bridgehead atoms. The van der Waals surface area contributed by atoms with Crippen molar-refractivity contribution in [2.24, 2.45) is 0 Å². The van der Waals surface area contributed by atoms with Crippen LogP contribution < -0.4 is 0 Å². The number of carbonyl (C=O) groups is 1. The van der Waals surface area contributed by atoms with Gasteiger partial charge in [0.1, 0.15) is 0 Å². The van der Waals surface area contributed by atoms with Gasteiger partial charge in [-0.15, -0.1) is 0 Å². The molecule has 0 N–H and O–H groups in total. The number of alkyl halides is 1. The lowest BCUT2D eigenvalue weighted by molar-refractivity contribution is -0.145. The Bertz CT molecular complexity index is 283. The number of halogens is 1. The molecule has 0 radical (unpaired) electrons. The minimum atomic E-state index is -3.66. The third-order valence-corrected chi connectivity index (χ3v) is 4.52. The molecule has 18 heavy (non-hydrogen) atoms. The molecule has 0 amide bonds. The fourth-order valence-corrected chi connectivity index (χ4v) is 2.94. The van der Waals surface area contributed by atoms with Crippen molar-refractivity contribution in [3.63, 3.8) is 0 Å². The van der Waals surface area contributed by atoms with E-state index in [-0.39, 0.29) is 19.3 Å². The molecule has 0 aromatic rings. The highest BCUT2D eigenvalue weighted by Crippen LogP contribution is 2.55. The molecule has 5 nitrogen and oxygen atoms in total. The molecule has 1 unspecified atom stereocenters. The Morgan fingerprint density at radius 3 is 1.94 bits per heavy atom. The molecule has 0 aliphatic carbocycles. The van der Waals surface area contributed by atoms with E-state index < -0.39 is 18.7 Å². The molecular formula is C11H22ClO5P. The molecule has 0 fully saturated rings. The predicted octanol–water partition coefficient (Wildman–Crippen LogP) is 3.55. The van der Waals surface area contributed by atoms with E-state index in [9.17, 15) is 9.36 Å². The molecule has 108 valence electrons. The molecule has 0 heterocycles. The van der Waals surface area contributed by atoms with Gasteiger partial charge < -0.3 is 13.8 Å². The Morgan fingerprint density at radius 2 is 1.61 bits per heavy atom. The molecule has 0 aliphatic heterocycles. The highest BCUT2D eigenvalue weighted by Gasteiger charge is 2.41. The van der Waals surface area contributed by atoms with Crippen LogP contribution in [0.2, 0.25) is 0 Å². The first-order valence-electron chi connectivity index (χ1n) is 6.10. The minimum absolute atomic E-state index is 0.221. The molecule has 0 aromatic heterocycles. The normalized spacial score (nSPS) is 13.7. The van der Waals surface area contributed by atoms with Gasteiger partial charge in [0.15, 0.2) is 0 Å². The summed E-state index contributed by atoms with van der Waals surface area (Å²) in [4.78, 5) is 11.6. The van der Waals surface area contributed by atoms with E-state index in [1.54, 1.807) is 13.8 Å². The highest BCUT2D eigenvalue weighted by atomic mass is 35.5. The number of hydrogen-bond acceptors (Lipinski definition) is 5. The summed E-state index contributed by atoms with van der Waals surface area (Å²) in [6, 6.07) is 0. The fourth-order valence-electron chi connectivity index (χ4n) is 1.02. The van der Waals surface area contributed by atoms with E-state index in [4.69, 9.17) is 25.4 Å². The van der Waals surface area contributed by atoms with Gasteiger partial charge in [-0.05, 0) is 26.7 Å². The molecule has 0 aliphatic rings. The molecule has 0 spiro atoms. The third-order valence-electron chi connectivity index (χ3n) is 1.77. The zero-order valence-electron chi connectivity index (χ0n) is 11.3. The fraction of sp³-hybridized carbons (Fsp3) is 0.909. The molecule has 0 saturated heterocycles. The minimum Gasteiger partial charge on any atom is -0.461 e. The van der Waals surface area contributed by atoms with Crippen molar-refractivity contribution in [2.75, 3.05) is 13.2 Å². The Balaban J connectivity index is 4.71. The van der Waals surface area contributed by atoms with E-state index in [1.807, 2.05) is 13.8 Å². The molecule has 0 aromatic carbocycles. The molecule has 0 saturated carbocycles. The summed E-state index contributed by atoms with van der Waals surface area (Å²) in [5, 5.41) is -1.42. The smallest absolute Gasteiger partial charge is 0.359 e. The van der Waals surface area contributed by atoms with Crippen molar-refractivity contribution in [1.82, 2.24) is 0 Å². The molecular weight excluding hydrogens is 279 g/mol. The molecule has 0 rings (SSSR count). The predicted molar refractivity (Wildman–Crippen MR) is 71.0 cm³/mol. The van der Waals surface area contributed by atoms with Gasteiger partial charge in [-0.3, -0.25) is 4.57 Å². The molecule has 7 heteroatoms. The van der Waals surface area contributed by atoms with Crippen molar-refractivity contribution in [3.8, 4) is 0 Å². The summed E-state index contributed by atoms with van der Waals surface area (Å²) in [5.41, 5.74) is 0. The van der Waals surface area contributed by atoms with Crippen LogP contribution in [0.1, 0.15) is 40.5 Å². The number of carbonyl (C=O) groups excluding carboxylic acids is 1. The lowest BCUT2D eigenvalue weighted by Crippen LogP contribution is -2.23. The lowest BCUT2D eigenvalue weighted by Gasteiger charge is -2.22.